The lowest BCUT2D eigenvalue weighted by molar-refractivity contribution is -0.130. The second kappa shape index (κ2) is 8.01. The maximum absolute atomic E-state index is 12.7. The third-order valence-corrected chi connectivity index (χ3v) is 5.88. The van der Waals surface area contributed by atoms with E-state index in [1.807, 2.05) is 23.0 Å². The molecule has 1 heterocycles. The minimum atomic E-state index is -0.191. The Morgan fingerprint density at radius 2 is 1.82 bits per heavy atom. The van der Waals surface area contributed by atoms with Crippen molar-refractivity contribution in [1.82, 2.24) is 15.1 Å². The normalized spacial score (nSPS) is 15.5. The van der Waals surface area contributed by atoms with Crippen molar-refractivity contribution >= 4 is 5.91 Å². The molecule has 28 heavy (non-hydrogen) atoms. The lowest BCUT2D eigenvalue weighted by Crippen LogP contribution is -2.36. The molecule has 0 aliphatic heterocycles. The first-order chi connectivity index (χ1) is 13.6. The van der Waals surface area contributed by atoms with E-state index in [0.717, 1.165) is 37.8 Å². The molecule has 0 radical (unpaired) electrons. The summed E-state index contributed by atoms with van der Waals surface area (Å²) in [6.07, 6.45) is 8.08. The Kier molecular flexibility index (Phi) is 5.29. The zero-order chi connectivity index (χ0) is 19.4. The molecule has 3 aromatic rings. The number of carbonyl (C=O) groups is 1. The van der Waals surface area contributed by atoms with Crippen LogP contribution in [0.3, 0.4) is 0 Å². The largest absolute Gasteiger partial charge is 0.352 e. The summed E-state index contributed by atoms with van der Waals surface area (Å²) < 4.78 is 1.92. The molecule has 1 aliphatic rings. The van der Waals surface area contributed by atoms with Gasteiger partial charge in [-0.25, -0.2) is 0 Å². The van der Waals surface area contributed by atoms with Crippen molar-refractivity contribution < 1.29 is 4.79 Å². The van der Waals surface area contributed by atoms with Crippen LogP contribution in [0.2, 0.25) is 0 Å². The topological polar surface area (TPSA) is 46.9 Å². The third kappa shape index (κ3) is 4.01. The van der Waals surface area contributed by atoms with Gasteiger partial charge in [-0.2, -0.15) is 5.10 Å². The lowest BCUT2D eigenvalue weighted by Gasteiger charge is -2.22. The van der Waals surface area contributed by atoms with E-state index >= 15 is 0 Å². The van der Waals surface area contributed by atoms with E-state index < -0.39 is 0 Å². The molecule has 1 aromatic heterocycles. The second-order valence-electron chi connectivity index (χ2n) is 8.01. The highest BCUT2D eigenvalue weighted by Gasteiger charge is 2.35. The number of nitrogens with zero attached hydrogens (tertiary/aromatic N) is 2. The van der Waals surface area contributed by atoms with E-state index in [1.54, 1.807) is 6.20 Å². The van der Waals surface area contributed by atoms with Crippen LogP contribution >= 0.6 is 0 Å². The van der Waals surface area contributed by atoms with Crippen LogP contribution in [0.25, 0.3) is 11.1 Å². The molecule has 2 aromatic carbocycles. The molecule has 0 bridgehead atoms. The maximum atomic E-state index is 12.7. The molecule has 0 unspecified atom stereocenters. The Balaban J connectivity index is 1.47. The Bertz CT molecular complexity index is 923. The molecule has 0 spiro atoms. The van der Waals surface area contributed by atoms with Crippen molar-refractivity contribution in [3.63, 3.8) is 0 Å². The maximum Gasteiger partial charge on any atom is 0.226 e. The molecule has 1 N–H and O–H groups in total. The van der Waals surface area contributed by atoms with E-state index in [-0.39, 0.29) is 11.3 Å². The summed E-state index contributed by atoms with van der Waals surface area (Å²) in [5.74, 6) is 0.189. The smallest absolute Gasteiger partial charge is 0.226 e. The summed E-state index contributed by atoms with van der Waals surface area (Å²) in [4.78, 5) is 12.7. The van der Waals surface area contributed by atoms with Gasteiger partial charge in [0.1, 0.15) is 0 Å². The average Bonchev–Trinajstić information content (AvgIpc) is 3.39. The van der Waals surface area contributed by atoms with Gasteiger partial charge in [-0.15, -0.1) is 0 Å². The van der Waals surface area contributed by atoms with Crippen LogP contribution in [0.1, 0.15) is 43.7 Å². The predicted octanol–water partition coefficient (Wildman–Crippen LogP) is 4.79. The number of aromatic nitrogens is 2. The first kappa shape index (κ1) is 18.5. The highest BCUT2D eigenvalue weighted by atomic mass is 16.2. The molecule has 144 valence electrons. The Labute approximate surface area is 166 Å². The van der Waals surface area contributed by atoms with Gasteiger partial charge in [-0.3, -0.25) is 9.48 Å². The molecule has 4 heteroatoms. The predicted molar refractivity (Wildman–Crippen MR) is 112 cm³/mol. The minimum Gasteiger partial charge on any atom is -0.352 e. The van der Waals surface area contributed by atoms with E-state index in [1.165, 1.54) is 16.7 Å². The van der Waals surface area contributed by atoms with Crippen LogP contribution in [0.15, 0.2) is 67.0 Å². The van der Waals surface area contributed by atoms with Crippen LogP contribution in [-0.4, -0.2) is 15.7 Å². The number of hydrogen-bond acceptors (Lipinski definition) is 2. The Hall–Kier alpha value is -2.88. The van der Waals surface area contributed by atoms with Gasteiger partial charge in [0.25, 0.3) is 0 Å². The van der Waals surface area contributed by atoms with Crippen LogP contribution in [-0.2, 0) is 17.9 Å². The first-order valence-electron chi connectivity index (χ1n) is 10.1. The fraction of sp³-hybridized carbons (Fsp3) is 0.333. The molecule has 4 rings (SSSR count). The summed E-state index contributed by atoms with van der Waals surface area (Å²) in [5.41, 5.74) is 4.51. The molecule has 1 aliphatic carbocycles. The standard InChI is InChI=1S/C24H27N3O/c1-24(13-4-5-14-24)23(28)25-17-21-7-2-3-8-22(21)20-11-9-19(10-12-20)18-27-16-6-15-26-27/h2-3,6-12,15-16H,4-5,13-14,17-18H2,1H3,(H,25,28). The van der Waals surface area contributed by atoms with Gasteiger partial charge < -0.3 is 5.32 Å². The van der Waals surface area contributed by atoms with Crippen molar-refractivity contribution in [2.75, 3.05) is 0 Å². The fourth-order valence-electron chi connectivity index (χ4n) is 4.10. The van der Waals surface area contributed by atoms with Crippen molar-refractivity contribution in [3.05, 3.63) is 78.1 Å². The number of hydrogen-bond donors (Lipinski definition) is 1. The van der Waals surface area contributed by atoms with E-state index in [0.29, 0.717) is 6.54 Å². The number of nitrogens with one attached hydrogen (secondary N) is 1. The minimum absolute atomic E-state index is 0.189. The Morgan fingerprint density at radius 1 is 1.07 bits per heavy atom. The zero-order valence-corrected chi connectivity index (χ0v) is 16.4. The number of rotatable bonds is 6. The van der Waals surface area contributed by atoms with Crippen LogP contribution in [0, 0.1) is 5.41 Å². The molecular weight excluding hydrogens is 346 g/mol. The van der Waals surface area contributed by atoms with Crippen LogP contribution in [0.5, 0.6) is 0 Å². The molecule has 1 saturated carbocycles. The second-order valence-corrected chi connectivity index (χ2v) is 8.01. The van der Waals surface area contributed by atoms with Gasteiger partial charge in [-0.1, -0.05) is 68.3 Å². The van der Waals surface area contributed by atoms with Crippen molar-refractivity contribution in [2.45, 2.75) is 45.7 Å². The van der Waals surface area contributed by atoms with Gasteiger partial charge in [0.05, 0.1) is 6.54 Å². The summed E-state index contributed by atoms with van der Waals surface area (Å²) in [6.45, 7) is 3.43. The van der Waals surface area contributed by atoms with Gasteiger partial charge in [0, 0.05) is 24.4 Å². The SMILES string of the molecule is CC1(C(=O)NCc2ccccc2-c2ccc(Cn3cccn3)cc2)CCCC1. The quantitative estimate of drug-likeness (QED) is 0.675. The summed E-state index contributed by atoms with van der Waals surface area (Å²) in [7, 11) is 0. The third-order valence-electron chi connectivity index (χ3n) is 5.88. The average molecular weight is 374 g/mol. The van der Waals surface area contributed by atoms with Gasteiger partial charge in [0.2, 0.25) is 5.91 Å². The highest BCUT2D eigenvalue weighted by molar-refractivity contribution is 5.82. The fourth-order valence-corrected chi connectivity index (χ4v) is 4.10. The van der Waals surface area contributed by atoms with E-state index in [2.05, 4.69) is 59.8 Å². The monoisotopic (exact) mass is 373 g/mol. The lowest BCUT2D eigenvalue weighted by atomic mass is 9.87. The molecule has 1 fully saturated rings. The summed E-state index contributed by atoms with van der Waals surface area (Å²) in [5, 5.41) is 7.44. The molecule has 1 amide bonds. The van der Waals surface area contributed by atoms with E-state index in [9.17, 15) is 4.79 Å². The number of benzene rings is 2. The van der Waals surface area contributed by atoms with Gasteiger partial charge >= 0.3 is 0 Å². The van der Waals surface area contributed by atoms with Crippen LogP contribution < -0.4 is 5.32 Å². The Morgan fingerprint density at radius 3 is 2.54 bits per heavy atom. The van der Waals surface area contributed by atoms with Crippen molar-refractivity contribution in [3.8, 4) is 11.1 Å². The van der Waals surface area contributed by atoms with Crippen molar-refractivity contribution in [1.29, 1.82) is 0 Å². The first-order valence-corrected chi connectivity index (χ1v) is 10.1. The molecule has 0 atom stereocenters. The van der Waals surface area contributed by atoms with E-state index in [4.69, 9.17) is 0 Å². The molecule has 0 saturated heterocycles. The highest BCUT2D eigenvalue weighted by Crippen LogP contribution is 2.37. The summed E-state index contributed by atoms with van der Waals surface area (Å²) in [6, 6.07) is 18.8. The number of amides is 1. The molecular formula is C24H27N3O. The van der Waals surface area contributed by atoms with Crippen LogP contribution in [0.4, 0.5) is 0 Å². The number of carbonyl (C=O) groups excluding carboxylic acids is 1. The van der Waals surface area contributed by atoms with Crippen molar-refractivity contribution in [2.24, 2.45) is 5.41 Å². The van der Waals surface area contributed by atoms with Gasteiger partial charge in [-0.05, 0) is 41.2 Å². The summed E-state index contributed by atoms with van der Waals surface area (Å²) >= 11 is 0. The molecule has 4 nitrogen and oxygen atoms in total. The zero-order valence-electron chi connectivity index (χ0n) is 16.4. The van der Waals surface area contributed by atoms with Gasteiger partial charge in [0.15, 0.2) is 0 Å².